The molecule has 0 unspecified atom stereocenters. The van der Waals surface area contributed by atoms with Gasteiger partial charge in [-0.3, -0.25) is 5.43 Å². The number of benzene rings is 2. The van der Waals surface area contributed by atoms with Crippen molar-refractivity contribution >= 4 is 23.5 Å². The predicted octanol–water partition coefficient (Wildman–Crippen LogP) is 4.26. The van der Waals surface area contributed by atoms with Crippen LogP contribution in [-0.4, -0.2) is 31.1 Å². The first-order chi connectivity index (χ1) is 13.4. The number of ether oxygens (including phenoxy) is 2. The zero-order chi connectivity index (χ0) is 20.4. The monoisotopic (exact) mass is 399 g/mol. The minimum Gasteiger partial charge on any atom is -0.490 e. The summed E-state index contributed by atoms with van der Waals surface area (Å²) in [5.41, 5.74) is 5.11. The molecule has 0 radical (unpaired) electrons. The van der Waals surface area contributed by atoms with E-state index in [1.54, 1.807) is 6.21 Å². The maximum absolute atomic E-state index is 5.77. The summed E-state index contributed by atoms with van der Waals surface area (Å²) in [6, 6.07) is 15.9. The first kappa shape index (κ1) is 21.7. The average Bonchev–Trinajstić information content (AvgIpc) is 2.65. The molecule has 0 aliphatic heterocycles. The molecule has 2 rings (SSSR count). The Morgan fingerprint density at radius 1 is 1.04 bits per heavy atom. The van der Waals surface area contributed by atoms with Gasteiger partial charge >= 0.3 is 0 Å². The molecular weight excluding hydrogens is 370 g/mol. The number of thiocarbonyl (C=S) groups is 1. The Morgan fingerprint density at radius 3 is 2.36 bits per heavy atom. The maximum Gasteiger partial charge on any atom is 0.186 e. The van der Waals surface area contributed by atoms with Crippen LogP contribution in [0.25, 0.3) is 0 Å². The third-order valence-electron chi connectivity index (χ3n) is 3.92. The zero-order valence-corrected chi connectivity index (χ0v) is 17.8. The molecule has 2 aromatic rings. The minimum atomic E-state index is 0.142. The molecule has 28 heavy (non-hydrogen) atoms. The smallest absolute Gasteiger partial charge is 0.186 e. The van der Waals surface area contributed by atoms with Crippen molar-refractivity contribution in [3.8, 4) is 11.5 Å². The van der Waals surface area contributed by atoms with E-state index < -0.39 is 0 Å². The molecule has 0 aliphatic carbocycles. The molecule has 5 nitrogen and oxygen atoms in total. The molecule has 0 aliphatic rings. The first-order valence-corrected chi connectivity index (χ1v) is 9.82. The van der Waals surface area contributed by atoms with Crippen molar-refractivity contribution in [3.05, 3.63) is 59.7 Å². The lowest BCUT2D eigenvalue weighted by Gasteiger charge is -2.19. The van der Waals surface area contributed by atoms with Gasteiger partial charge in [-0.15, -0.1) is 0 Å². The van der Waals surface area contributed by atoms with Crippen LogP contribution in [0.3, 0.4) is 0 Å². The summed E-state index contributed by atoms with van der Waals surface area (Å²) < 4.78 is 11.5. The van der Waals surface area contributed by atoms with Gasteiger partial charge in [0, 0.05) is 6.54 Å². The normalized spacial score (nSPS) is 11.3. The molecule has 0 atom stereocenters. The Kier molecular flexibility index (Phi) is 8.26. The van der Waals surface area contributed by atoms with Crippen LogP contribution in [0.2, 0.25) is 0 Å². The van der Waals surface area contributed by atoms with E-state index in [1.807, 2.05) is 43.3 Å². The summed E-state index contributed by atoms with van der Waals surface area (Å²) in [5, 5.41) is 7.57. The summed E-state index contributed by atoms with van der Waals surface area (Å²) in [6.07, 6.45) is 1.70. The Morgan fingerprint density at radius 2 is 1.71 bits per heavy atom. The number of hydrogen-bond donors (Lipinski definition) is 2. The topological polar surface area (TPSA) is 54.9 Å². The molecule has 0 bridgehead atoms. The Hall–Kier alpha value is -2.60. The van der Waals surface area contributed by atoms with Crippen LogP contribution in [0.1, 0.15) is 38.8 Å². The van der Waals surface area contributed by atoms with Gasteiger partial charge in [-0.2, -0.15) is 5.10 Å². The molecule has 0 amide bonds. The maximum atomic E-state index is 5.77. The fourth-order valence-electron chi connectivity index (χ4n) is 2.42. The number of nitrogens with one attached hydrogen (secondary N) is 2. The van der Waals surface area contributed by atoms with E-state index in [-0.39, 0.29) is 5.41 Å². The van der Waals surface area contributed by atoms with E-state index in [2.05, 4.69) is 48.7 Å². The lowest BCUT2D eigenvalue weighted by molar-refractivity contribution is 0.217. The fourth-order valence-corrected chi connectivity index (χ4v) is 2.62. The highest BCUT2D eigenvalue weighted by Crippen LogP contribution is 2.24. The summed E-state index contributed by atoms with van der Waals surface area (Å²) in [7, 11) is 0. The number of rotatable bonds is 8. The lowest BCUT2D eigenvalue weighted by atomic mass is 9.87. The van der Waals surface area contributed by atoms with Crippen LogP contribution >= 0.6 is 12.2 Å². The van der Waals surface area contributed by atoms with Crippen molar-refractivity contribution in [2.75, 3.05) is 19.8 Å². The van der Waals surface area contributed by atoms with Gasteiger partial charge in [-0.25, -0.2) is 0 Å². The molecule has 0 spiro atoms. The summed E-state index contributed by atoms with van der Waals surface area (Å²) in [4.78, 5) is 0. The second kappa shape index (κ2) is 10.7. The van der Waals surface area contributed by atoms with Gasteiger partial charge < -0.3 is 14.8 Å². The number of hydrogen-bond acceptors (Lipinski definition) is 4. The van der Waals surface area contributed by atoms with E-state index in [4.69, 9.17) is 21.7 Å². The third-order valence-corrected chi connectivity index (χ3v) is 4.15. The quantitative estimate of drug-likeness (QED) is 0.301. The van der Waals surface area contributed by atoms with E-state index in [0.29, 0.717) is 18.3 Å². The zero-order valence-electron chi connectivity index (χ0n) is 17.0. The standard InChI is InChI=1S/C22H29N3O2S/c1-5-23-21(28)25-24-16-17-7-6-8-20(15-17)27-14-13-26-19-11-9-18(10-12-19)22(2,3)4/h6-12,15-16H,5,13-14H2,1-4H3,(H2,23,25,28)/b24-16+. The highest BCUT2D eigenvalue weighted by molar-refractivity contribution is 7.80. The van der Waals surface area contributed by atoms with Gasteiger partial charge in [0.15, 0.2) is 5.11 Å². The highest BCUT2D eigenvalue weighted by atomic mass is 32.1. The van der Waals surface area contributed by atoms with E-state index in [9.17, 15) is 0 Å². The van der Waals surface area contributed by atoms with Crippen molar-refractivity contribution in [1.29, 1.82) is 0 Å². The molecule has 150 valence electrons. The molecule has 0 aromatic heterocycles. The van der Waals surface area contributed by atoms with Gasteiger partial charge in [-0.1, -0.05) is 45.0 Å². The number of nitrogens with zero attached hydrogens (tertiary/aromatic N) is 1. The molecule has 0 heterocycles. The van der Waals surface area contributed by atoms with Crippen LogP contribution in [0.15, 0.2) is 53.6 Å². The van der Waals surface area contributed by atoms with Crippen molar-refractivity contribution in [2.24, 2.45) is 5.10 Å². The molecule has 0 fully saturated rings. The SMILES string of the molecule is CCNC(=S)N/N=C/c1cccc(OCCOc2ccc(C(C)(C)C)cc2)c1. The lowest BCUT2D eigenvalue weighted by Crippen LogP contribution is -2.31. The number of hydrazone groups is 1. The molecule has 2 aromatic carbocycles. The van der Waals surface area contributed by atoms with Crippen LogP contribution in [0.4, 0.5) is 0 Å². The summed E-state index contributed by atoms with van der Waals surface area (Å²) >= 11 is 5.06. The van der Waals surface area contributed by atoms with Crippen LogP contribution in [0, 0.1) is 0 Å². The van der Waals surface area contributed by atoms with Gasteiger partial charge in [0.2, 0.25) is 0 Å². The van der Waals surface area contributed by atoms with Crippen molar-refractivity contribution in [2.45, 2.75) is 33.1 Å². The average molecular weight is 400 g/mol. The molecular formula is C22H29N3O2S. The van der Waals surface area contributed by atoms with Gasteiger partial charge in [0.05, 0.1) is 6.21 Å². The van der Waals surface area contributed by atoms with Crippen molar-refractivity contribution < 1.29 is 9.47 Å². The van der Waals surface area contributed by atoms with Gasteiger partial charge in [0.1, 0.15) is 24.7 Å². The predicted molar refractivity (Wildman–Crippen MR) is 120 cm³/mol. The Balaban J connectivity index is 1.77. The Labute approximate surface area is 173 Å². The molecule has 0 saturated carbocycles. The van der Waals surface area contributed by atoms with Crippen molar-refractivity contribution in [1.82, 2.24) is 10.7 Å². The van der Waals surface area contributed by atoms with E-state index >= 15 is 0 Å². The highest BCUT2D eigenvalue weighted by Gasteiger charge is 2.12. The van der Waals surface area contributed by atoms with Gasteiger partial charge in [0.25, 0.3) is 0 Å². The molecule has 0 saturated heterocycles. The van der Waals surface area contributed by atoms with Crippen molar-refractivity contribution in [3.63, 3.8) is 0 Å². The van der Waals surface area contributed by atoms with E-state index in [1.165, 1.54) is 5.56 Å². The second-order valence-corrected chi connectivity index (χ2v) is 7.68. The summed E-state index contributed by atoms with van der Waals surface area (Å²) in [6.45, 7) is 10.3. The largest absolute Gasteiger partial charge is 0.490 e. The second-order valence-electron chi connectivity index (χ2n) is 7.27. The molecule has 6 heteroatoms. The summed E-state index contributed by atoms with van der Waals surface area (Å²) in [5.74, 6) is 1.62. The van der Waals surface area contributed by atoms with Gasteiger partial charge in [-0.05, 0) is 59.9 Å². The molecule has 2 N–H and O–H groups in total. The van der Waals surface area contributed by atoms with Crippen LogP contribution in [-0.2, 0) is 5.41 Å². The fraction of sp³-hybridized carbons (Fsp3) is 0.364. The van der Waals surface area contributed by atoms with Crippen LogP contribution in [0.5, 0.6) is 11.5 Å². The van der Waals surface area contributed by atoms with Crippen LogP contribution < -0.4 is 20.2 Å². The third kappa shape index (κ3) is 7.56. The Bertz CT molecular complexity index is 783. The van der Waals surface area contributed by atoms with E-state index in [0.717, 1.165) is 23.6 Å². The minimum absolute atomic E-state index is 0.142. The first-order valence-electron chi connectivity index (χ1n) is 9.41.